The predicted octanol–water partition coefficient (Wildman–Crippen LogP) is 17.2. The second kappa shape index (κ2) is 13.6. The average molecular weight is 811 g/mol. The molecule has 5 heteroatoms. The minimum Gasteiger partial charge on any atom is -0.456 e. The van der Waals surface area contributed by atoms with Crippen LogP contribution in [0.4, 0.5) is 34.1 Å². The van der Waals surface area contributed by atoms with Gasteiger partial charge in [-0.25, -0.2) is 0 Å². The molecular formula is C58H38N2O3. The highest BCUT2D eigenvalue weighted by molar-refractivity contribution is 6.16. The van der Waals surface area contributed by atoms with E-state index in [1.165, 1.54) is 0 Å². The van der Waals surface area contributed by atoms with Crippen LogP contribution < -0.4 is 9.80 Å². The van der Waals surface area contributed by atoms with Gasteiger partial charge >= 0.3 is 0 Å². The minimum atomic E-state index is 0.862. The molecule has 0 saturated carbocycles. The van der Waals surface area contributed by atoms with Crippen molar-refractivity contribution in [2.24, 2.45) is 0 Å². The zero-order valence-corrected chi connectivity index (χ0v) is 34.6. The Morgan fingerprint density at radius 3 is 1.14 bits per heavy atom. The fraction of sp³-hybridized carbons (Fsp3) is 0.0345. The first-order valence-electron chi connectivity index (χ1n) is 21.4. The van der Waals surface area contributed by atoms with Gasteiger partial charge in [0.1, 0.15) is 22.3 Å². The SMILES string of the molecule is Cc1cccc2c1oc1c(N(c3ccccc3)c3ccc4cc5oc6cc7ccc(N(c8ccccc8)c8cccc9c8oc8c(C)cccc89)cc7cc6c5cc4c3)cccc12. The molecule has 0 saturated heterocycles. The number of fused-ring (bicyclic) bond motifs is 11. The van der Waals surface area contributed by atoms with Crippen LogP contribution in [-0.4, -0.2) is 0 Å². The first-order chi connectivity index (χ1) is 31.0. The number of aryl methyl sites for hydroxylation is 2. The van der Waals surface area contributed by atoms with Gasteiger partial charge in [0.05, 0.1) is 11.4 Å². The number of nitrogens with zero attached hydrogens (tertiary/aromatic N) is 2. The van der Waals surface area contributed by atoms with E-state index < -0.39 is 0 Å². The van der Waals surface area contributed by atoms with Gasteiger partial charge in [0.2, 0.25) is 0 Å². The number of hydrogen-bond donors (Lipinski definition) is 0. The van der Waals surface area contributed by atoms with Crippen LogP contribution in [-0.2, 0) is 0 Å². The van der Waals surface area contributed by atoms with E-state index in [0.29, 0.717) is 0 Å². The molecule has 5 nitrogen and oxygen atoms in total. The van der Waals surface area contributed by atoms with Crippen LogP contribution in [0.15, 0.2) is 207 Å². The number of para-hydroxylation sites is 6. The molecule has 0 aliphatic heterocycles. The zero-order valence-electron chi connectivity index (χ0n) is 34.6. The molecule has 0 aliphatic carbocycles. The Bertz CT molecular complexity index is 3700. The maximum absolute atomic E-state index is 6.70. The maximum atomic E-state index is 6.70. The standard InChI is InChI=1S/C58H38N2O3/c1-35-13-9-19-45-47-21-11-23-51(57(47)62-55(35)45)59(41-15-5-3-6-16-41)43-27-25-37-33-53-49(31-39(37)29-43)50-32-40-30-44(28-26-38(40)34-54(50)61-53)60(42-17-7-4-8-18-42)52-24-12-22-48-46-20-10-14-36(2)56(46)63-58(48)52/h3-34H,1-2H3. The van der Waals surface area contributed by atoms with Crippen molar-refractivity contribution in [2.75, 3.05) is 9.80 Å². The van der Waals surface area contributed by atoms with Gasteiger partial charge in [-0.1, -0.05) is 109 Å². The van der Waals surface area contributed by atoms with E-state index in [9.17, 15) is 0 Å². The van der Waals surface area contributed by atoms with Crippen LogP contribution in [0.5, 0.6) is 0 Å². The molecule has 0 fully saturated rings. The smallest absolute Gasteiger partial charge is 0.159 e. The van der Waals surface area contributed by atoms with Gasteiger partial charge in [-0.2, -0.15) is 0 Å². The first kappa shape index (κ1) is 35.5. The monoisotopic (exact) mass is 810 g/mol. The molecule has 0 atom stereocenters. The normalized spacial score (nSPS) is 12.0. The lowest BCUT2D eigenvalue weighted by atomic mass is 10.0. The quantitative estimate of drug-likeness (QED) is 0.167. The summed E-state index contributed by atoms with van der Waals surface area (Å²) in [7, 11) is 0. The Kier molecular flexibility index (Phi) is 7.67. The third kappa shape index (κ3) is 5.49. The summed E-state index contributed by atoms with van der Waals surface area (Å²) < 4.78 is 20.0. The molecule has 3 aromatic heterocycles. The number of benzene rings is 10. The topological polar surface area (TPSA) is 45.9 Å². The lowest BCUT2D eigenvalue weighted by molar-refractivity contribution is 0.665. The molecular weight excluding hydrogens is 773 g/mol. The van der Waals surface area contributed by atoms with Crippen molar-refractivity contribution in [3.8, 4) is 0 Å². The molecule has 13 aromatic rings. The lowest BCUT2D eigenvalue weighted by Gasteiger charge is -2.26. The highest BCUT2D eigenvalue weighted by Gasteiger charge is 2.22. The fourth-order valence-electron chi connectivity index (χ4n) is 9.77. The largest absolute Gasteiger partial charge is 0.456 e. The lowest BCUT2D eigenvalue weighted by Crippen LogP contribution is -2.10. The van der Waals surface area contributed by atoms with Crippen LogP contribution >= 0.6 is 0 Å². The maximum Gasteiger partial charge on any atom is 0.159 e. The molecule has 0 aliphatic rings. The summed E-state index contributed by atoms with van der Waals surface area (Å²) in [6.45, 7) is 4.21. The number of furan rings is 3. The Balaban J connectivity index is 0.968. The van der Waals surface area contributed by atoms with Crippen molar-refractivity contribution in [3.63, 3.8) is 0 Å². The van der Waals surface area contributed by atoms with E-state index in [2.05, 4.69) is 218 Å². The van der Waals surface area contributed by atoms with E-state index in [4.69, 9.17) is 13.3 Å². The van der Waals surface area contributed by atoms with Gasteiger partial charge in [-0.05, 0) is 131 Å². The Morgan fingerprint density at radius 2 is 0.698 bits per heavy atom. The fourth-order valence-corrected chi connectivity index (χ4v) is 9.77. The van der Waals surface area contributed by atoms with Crippen molar-refractivity contribution in [1.29, 1.82) is 0 Å². The van der Waals surface area contributed by atoms with Gasteiger partial charge in [0.15, 0.2) is 11.2 Å². The molecule has 0 bridgehead atoms. The summed E-state index contributed by atoms with van der Waals surface area (Å²) in [5.41, 5.74) is 13.7. The molecule has 0 spiro atoms. The molecule has 3 heterocycles. The van der Waals surface area contributed by atoms with Crippen molar-refractivity contribution in [2.45, 2.75) is 13.8 Å². The Morgan fingerprint density at radius 1 is 0.286 bits per heavy atom. The van der Waals surface area contributed by atoms with Crippen LogP contribution in [0.25, 0.3) is 87.4 Å². The Hall–Kier alpha value is -8.28. The summed E-state index contributed by atoms with van der Waals surface area (Å²) in [6, 6.07) is 68.9. The molecule has 63 heavy (non-hydrogen) atoms. The number of rotatable bonds is 6. The molecule has 0 unspecified atom stereocenters. The van der Waals surface area contributed by atoms with Crippen molar-refractivity contribution >= 4 is 121 Å². The van der Waals surface area contributed by atoms with Crippen LogP contribution in [0.2, 0.25) is 0 Å². The van der Waals surface area contributed by atoms with E-state index in [1.54, 1.807) is 0 Å². The van der Waals surface area contributed by atoms with Crippen LogP contribution in [0, 0.1) is 13.8 Å². The second-order valence-corrected chi connectivity index (χ2v) is 16.6. The van der Waals surface area contributed by atoms with Crippen LogP contribution in [0.1, 0.15) is 11.1 Å². The zero-order chi connectivity index (χ0) is 41.8. The predicted molar refractivity (Wildman–Crippen MR) is 262 cm³/mol. The summed E-state index contributed by atoms with van der Waals surface area (Å²) in [5, 5.41) is 11.1. The molecule has 10 aromatic carbocycles. The highest BCUT2D eigenvalue weighted by Crippen LogP contribution is 2.46. The van der Waals surface area contributed by atoms with Crippen LogP contribution in [0.3, 0.4) is 0 Å². The van der Waals surface area contributed by atoms with Gasteiger partial charge in [0, 0.05) is 55.1 Å². The summed E-state index contributed by atoms with van der Waals surface area (Å²) in [5.74, 6) is 0. The Labute approximate surface area is 362 Å². The molecule has 13 rings (SSSR count). The highest BCUT2D eigenvalue weighted by atomic mass is 16.3. The van der Waals surface area contributed by atoms with Gasteiger partial charge in [-0.15, -0.1) is 0 Å². The van der Waals surface area contributed by atoms with Gasteiger partial charge < -0.3 is 23.1 Å². The van der Waals surface area contributed by atoms with Crippen molar-refractivity contribution in [1.82, 2.24) is 0 Å². The second-order valence-electron chi connectivity index (χ2n) is 16.6. The third-order valence-corrected chi connectivity index (χ3v) is 12.8. The molecule has 0 amide bonds. The average Bonchev–Trinajstić information content (AvgIpc) is 4.01. The summed E-state index contributed by atoms with van der Waals surface area (Å²) in [6.07, 6.45) is 0. The summed E-state index contributed by atoms with van der Waals surface area (Å²) >= 11 is 0. The number of anilines is 6. The molecule has 0 N–H and O–H groups in total. The van der Waals surface area contributed by atoms with E-state index >= 15 is 0 Å². The first-order valence-corrected chi connectivity index (χ1v) is 21.4. The van der Waals surface area contributed by atoms with Crippen molar-refractivity contribution in [3.05, 3.63) is 205 Å². The third-order valence-electron chi connectivity index (χ3n) is 12.8. The number of hydrogen-bond acceptors (Lipinski definition) is 5. The van der Waals surface area contributed by atoms with Gasteiger partial charge in [0.25, 0.3) is 0 Å². The van der Waals surface area contributed by atoms with E-state index in [1.807, 2.05) is 0 Å². The van der Waals surface area contributed by atoms with E-state index in [-0.39, 0.29) is 0 Å². The minimum absolute atomic E-state index is 0.862. The molecule has 298 valence electrons. The summed E-state index contributed by atoms with van der Waals surface area (Å²) in [4.78, 5) is 4.61. The molecule has 0 radical (unpaired) electrons. The van der Waals surface area contributed by atoms with Gasteiger partial charge in [-0.3, -0.25) is 0 Å². The van der Waals surface area contributed by atoms with Crippen molar-refractivity contribution < 1.29 is 13.3 Å². The van der Waals surface area contributed by atoms with E-state index in [0.717, 1.165) is 133 Å².